The normalized spacial score (nSPS) is 13.2. The van der Waals surface area contributed by atoms with Crippen molar-refractivity contribution in [3.8, 4) is 11.5 Å². The average molecular weight is 248 g/mol. The van der Waals surface area contributed by atoms with Crippen molar-refractivity contribution in [1.82, 2.24) is 0 Å². The summed E-state index contributed by atoms with van der Waals surface area (Å²) in [6.45, 7) is 3.33. The molecule has 0 aromatic heterocycles. The zero-order valence-corrected chi connectivity index (χ0v) is 10.9. The Labute approximate surface area is 108 Å². The van der Waals surface area contributed by atoms with Crippen LogP contribution in [0.1, 0.15) is 31.7 Å². The van der Waals surface area contributed by atoms with Crippen LogP contribution < -0.4 is 9.47 Å². The summed E-state index contributed by atoms with van der Waals surface area (Å²) < 4.78 is 16.0. The van der Waals surface area contributed by atoms with E-state index in [1.807, 2.05) is 18.2 Å². The van der Waals surface area contributed by atoms with E-state index in [1.54, 1.807) is 6.26 Å². The third-order valence-electron chi connectivity index (χ3n) is 2.85. The highest BCUT2D eigenvalue weighted by Crippen LogP contribution is 2.32. The van der Waals surface area contributed by atoms with Crippen molar-refractivity contribution in [3.05, 3.63) is 36.1 Å². The Bertz CT molecular complexity index is 399. The standard InChI is InChI=1S/C15H20O3/c1-2-3-4-9-16-10-5-6-13-7-8-14-15(11-13)18-12-17-14/h5,7-8,10-11H,2-4,6,9,12H2,1H3/b10-5-. The van der Waals surface area contributed by atoms with E-state index >= 15 is 0 Å². The van der Waals surface area contributed by atoms with Gasteiger partial charge in [0.05, 0.1) is 12.9 Å². The molecular formula is C15H20O3. The number of ether oxygens (including phenoxy) is 3. The van der Waals surface area contributed by atoms with Gasteiger partial charge in [0.25, 0.3) is 0 Å². The van der Waals surface area contributed by atoms with Gasteiger partial charge in [-0.15, -0.1) is 0 Å². The van der Waals surface area contributed by atoms with Gasteiger partial charge in [0, 0.05) is 0 Å². The molecule has 3 heteroatoms. The number of hydrogen-bond acceptors (Lipinski definition) is 3. The summed E-state index contributed by atoms with van der Waals surface area (Å²) in [5, 5.41) is 0. The molecule has 2 rings (SSSR count). The zero-order valence-electron chi connectivity index (χ0n) is 10.9. The largest absolute Gasteiger partial charge is 0.502 e. The fourth-order valence-electron chi connectivity index (χ4n) is 1.82. The van der Waals surface area contributed by atoms with E-state index in [0.717, 1.165) is 30.9 Å². The SMILES string of the molecule is CCCCCO/C=C\Cc1ccc2c(c1)OCO2. The maximum absolute atomic E-state index is 5.41. The first kappa shape index (κ1) is 12.8. The van der Waals surface area contributed by atoms with Crippen molar-refractivity contribution in [2.45, 2.75) is 32.6 Å². The molecule has 1 heterocycles. The van der Waals surface area contributed by atoms with Gasteiger partial charge < -0.3 is 14.2 Å². The van der Waals surface area contributed by atoms with Crippen molar-refractivity contribution < 1.29 is 14.2 Å². The minimum atomic E-state index is 0.329. The Hall–Kier alpha value is -1.64. The van der Waals surface area contributed by atoms with Gasteiger partial charge in [0.15, 0.2) is 11.5 Å². The Morgan fingerprint density at radius 2 is 2.11 bits per heavy atom. The summed E-state index contributed by atoms with van der Waals surface area (Å²) in [4.78, 5) is 0. The lowest BCUT2D eigenvalue weighted by Gasteiger charge is -2.01. The van der Waals surface area contributed by atoms with E-state index in [9.17, 15) is 0 Å². The maximum atomic E-state index is 5.41. The van der Waals surface area contributed by atoms with Crippen LogP contribution in [0.15, 0.2) is 30.5 Å². The van der Waals surface area contributed by atoms with Crippen molar-refractivity contribution in [2.75, 3.05) is 13.4 Å². The summed E-state index contributed by atoms with van der Waals surface area (Å²) >= 11 is 0. The molecule has 0 bridgehead atoms. The third kappa shape index (κ3) is 3.69. The van der Waals surface area contributed by atoms with Crippen LogP contribution in [0.2, 0.25) is 0 Å². The minimum Gasteiger partial charge on any atom is -0.502 e. The van der Waals surface area contributed by atoms with E-state index in [0.29, 0.717) is 6.79 Å². The highest BCUT2D eigenvalue weighted by Gasteiger charge is 2.12. The first-order chi connectivity index (χ1) is 8.90. The molecule has 0 saturated carbocycles. The second kappa shape index (κ2) is 6.94. The van der Waals surface area contributed by atoms with Gasteiger partial charge >= 0.3 is 0 Å². The van der Waals surface area contributed by atoms with Crippen molar-refractivity contribution in [1.29, 1.82) is 0 Å². The fourth-order valence-corrected chi connectivity index (χ4v) is 1.82. The van der Waals surface area contributed by atoms with E-state index in [-0.39, 0.29) is 0 Å². The molecule has 0 atom stereocenters. The number of benzene rings is 1. The molecule has 0 amide bonds. The van der Waals surface area contributed by atoms with E-state index in [4.69, 9.17) is 14.2 Å². The Morgan fingerprint density at radius 1 is 1.22 bits per heavy atom. The van der Waals surface area contributed by atoms with Gasteiger partial charge in [-0.2, -0.15) is 0 Å². The summed E-state index contributed by atoms with van der Waals surface area (Å²) in [6.07, 6.45) is 8.26. The number of fused-ring (bicyclic) bond motifs is 1. The molecule has 0 fully saturated rings. The zero-order chi connectivity index (χ0) is 12.6. The molecule has 98 valence electrons. The van der Waals surface area contributed by atoms with Crippen LogP contribution in [-0.4, -0.2) is 13.4 Å². The van der Waals surface area contributed by atoms with Crippen LogP contribution in [0.5, 0.6) is 11.5 Å². The summed E-state index contributed by atoms with van der Waals surface area (Å²) in [5.74, 6) is 1.67. The first-order valence-electron chi connectivity index (χ1n) is 6.55. The molecule has 0 N–H and O–H groups in total. The highest BCUT2D eigenvalue weighted by molar-refractivity contribution is 5.44. The molecule has 3 nitrogen and oxygen atoms in total. The van der Waals surface area contributed by atoms with E-state index in [1.165, 1.54) is 18.4 Å². The molecular weight excluding hydrogens is 228 g/mol. The van der Waals surface area contributed by atoms with Crippen LogP contribution in [0, 0.1) is 0 Å². The molecule has 1 aliphatic heterocycles. The number of rotatable bonds is 7. The van der Waals surface area contributed by atoms with Gasteiger partial charge in [-0.25, -0.2) is 0 Å². The van der Waals surface area contributed by atoms with E-state index in [2.05, 4.69) is 13.0 Å². The van der Waals surface area contributed by atoms with Gasteiger partial charge in [-0.3, -0.25) is 0 Å². The lowest BCUT2D eigenvalue weighted by Crippen LogP contribution is -1.92. The Balaban J connectivity index is 1.71. The molecule has 0 saturated heterocycles. The smallest absolute Gasteiger partial charge is 0.231 e. The average Bonchev–Trinajstić information content (AvgIpc) is 2.85. The van der Waals surface area contributed by atoms with Gasteiger partial charge in [-0.1, -0.05) is 25.8 Å². The minimum absolute atomic E-state index is 0.329. The predicted octanol–water partition coefficient (Wildman–Crippen LogP) is 3.68. The van der Waals surface area contributed by atoms with Crippen molar-refractivity contribution in [2.24, 2.45) is 0 Å². The van der Waals surface area contributed by atoms with Crippen LogP contribution in [-0.2, 0) is 11.2 Å². The monoisotopic (exact) mass is 248 g/mol. The molecule has 1 aliphatic rings. The summed E-state index contributed by atoms with van der Waals surface area (Å²) in [6, 6.07) is 6.02. The lowest BCUT2D eigenvalue weighted by molar-refractivity contribution is 0.174. The predicted molar refractivity (Wildman–Crippen MR) is 70.9 cm³/mol. The second-order valence-corrected chi connectivity index (χ2v) is 4.34. The highest BCUT2D eigenvalue weighted by atomic mass is 16.7. The maximum Gasteiger partial charge on any atom is 0.231 e. The fraction of sp³-hybridized carbons (Fsp3) is 0.467. The number of unbranched alkanes of at least 4 members (excludes halogenated alkanes) is 2. The van der Waals surface area contributed by atoms with Crippen LogP contribution in [0.3, 0.4) is 0 Å². The summed E-state index contributed by atoms with van der Waals surface area (Å²) in [7, 11) is 0. The Morgan fingerprint density at radius 3 is 3.00 bits per heavy atom. The van der Waals surface area contributed by atoms with Gasteiger partial charge in [0.1, 0.15) is 0 Å². The number of hydrogen-bond donors (Lipinski definition) is 0. The van der Waals surface area contributed by atoms with Crippen LogP contribution in [0.25, 0.3) is 0 Å². The third-order valence-corrected chi connectivity index (χ3v) is 2.85. The van der Waals surface area contributed by atoms with Crippen LogP contribution in [0.4, 0.5) is 0 Å². The Kier molecular flexibility index (Phi) is 4.94. The second-order valence-electron chi connectivity index (χ2n) is 4.34. The molecule has 0 aliphatic carbocycles. The van der Waals surface area contributed by atoms with E-state index < -0.39 is 0 Å². The topological polar surface area (TPSA) is 27.7 Å². The lowest BCUT2D eigenvalue weighted by atomic mass is 10.1. The first-order valence-corrected chi connectivity index (χ1v) is 6.55. The molecule has 0 radical (unpaired) electrons. The quantitative estimate of drug-likeness (QED) is 0.544. The van der Waals surface area contributed by atoms with Gasteiger partial charge in [-0.05, 0) is 36.6 Å². The molecule has 1 aromatic carbocycles. The van der Waals surface area contributed by atoms with Crippen molar-refractivity contribution >= 4 is 0 Å². The van der Waals surface area contributed by atoms with Gasteiger partial charge in [0.2, 0.25) is 6.79 Å². The molecule has 0 unspecified atom stereocenters. The number of allylic oxidation sites excluding steroid dienone is 1. The van der Waals surface area contributed by atoms with Crippen LogP contribution >= 0.6 is 0 Å². The molecule has 0 spiro atoms. The van der Waals surface area contributed by atoms with Crippen molar-refractivity contribution in [3.63, 3.8) is 0 Å². The summed E-state index contributed by atoms with van der Waals surface area (Å²) in [5.41, 5.74) is 1.20. The molecule has 1 aromatic rings. The molecule has 18 heavy (non-hydrogen) atoms.